The van der Waals surface area contributed by atoms with Crippen LogP contribution in [0.15, 0.2) is 60.9 Å². The third kappa shape index (κ3) is 5.04. The van der Waals surface area contributed by atoms with Crippen molar-refractivity contribution in [1.82, 2.24) is 9.97 Å². The first-order valence-electron chi connectivity index (χ1n) is 10.9. The van der Waals surface area contributed by atoms with Crippen LogP contribution in [-0.4, -0.2) is 23.0 Å². The minimum absolute atomic E-state index is 0.133. The second-order valence-corrected chi connectivity index (χ2v) is 8.68. The number of carbonyl (C=O) groups is 1. The van der Waals surface area contributed by atoms with Crippen LogP contribution in [0.1, 0.15) is 35.3 Å². The summed E-state index contributed by atoms with van der Waals surface area (Å²) in [6.45, 7) is 5.28. The summed E-state index contributed by atoms with van der Waals surface area (Å²) < 4.78 is 19.5. The van der Waals surface area contributed by atoms with Gasteiger partial charge in [-0.1, -0.05) is 6.07 Å². The van der Waals surface area contributed by atoms with Crippen molar-refractivity contribution in [2.24, 2.45) is 0 Å². The number of anilines is 3. The van der Waals surface area contributed by atoms with Gasteiger partial charge in [-0.25, -0.2) is 14.4 Å². The molecule has 4 rings (SSSR count). The number of benzene rings is 3. The average Bonchev–Trinajstić information content (AvgIpc) is 2.85. The summed E-state index contributed by atoms with van der Waals surface area (Å²) in [4.78, 5) is 21.6. The number of methoxy groups -OCH3 is 1. The van der Waals surface area contributed by atoms with Crippen LogP contribution in [0.2, 0.25) is 0 Å². The van der Waals surface area contributed by atoms with E-state index in [1.807, 2.05) is 31.2 Å². The van der Waals surface area contributed by atoms with Gasteiger partial charge in [0.15, 0.2) is 0 Å². The van der Waals surface area contributed by atoms with Gasteiger partial charge in [0.2, 0.25) is 0 Å². The zero-order valence-electron chi connectivity index (χ0n) is 19.8. The number of rotatable bonds is 6. The molecule has 1 heterocycles. The normalized spacial score (nSPS) is 11.1. The van der Waals surface area contributed by atoms with E-state index in [0.29, 0.717) is 22.8 Å². The fourth-order valence-electron chi connectivity index (χ4n) is 3.57. The van der Waals surface area contributed by atoms with Gasteiger partial charge in [0.25, 0.3) is 5.91 Å². The van der Waals surface area contributed by atoms with E-state index in [9.17, 15) is 14.4 Å². The summed E-state index contributed by atoms with van der Waals surface area (Å²) in [5.74, 6) is 0.253. The van der Waals surface area contributed by atoms with Gasteiger partial charge < -0.3 is 15.4 Å². The third-order valence-corrected chi connectivity index (χ3v) is 5.75. The highest BCUT2D eigenvalue weighted by atomic mass is 19.1. The third-order valence-electron chi connectivity index (χ3n) is 5.75. The topological polar surface area (TPSA) is 99.9 Å². The Kier molecular flexibility index (Phi) is 6.34. The summed E-state index contributed by atoms with van der Waals surface area (Å²) in [5, 5.41) is 16.3. The van der Waals surface area contributed by atoms with Crippen molar-refractivity contribution in [2.75, 3.05) is 17.7 Å². The van der Waals surface area contributed by atoms with Crippen molar-refractivity contribution in [2.45, 2.75) is 26.2 Å². The Labute approximate surface area is 202 Å². The molecule has 0 aliphatic carbocycles. The first-order valence-corrected chi connectivity index (χ1v) is 10.9. The molecule has 0 spiro atoms. The highest BCUT2D eigenvalue weighted by molar-refractivity contribution is 6.04. The first kappa shape index (κ1) is 23.6. The van der Waals surface area contributed by atoms with Crippen LogP contribution in [0.5, 0.6) is 5.75 Å². The Bertz CT molecular complexity index is 1480. The largest absolute Gasteiger partial charge is 0.497 e. The highest BCUT2D eigenvalue weighted by Crippen LogP contribution is 2.29. The molecule has 1 aromatic heterocycles. The predicted molar refractivity (Wildman–Crippen MR) is 134 cm³/mol. The second kappa shape index (κ2) is 9.39. The summed E-state index contributed by atoms with van der Waals surface area (Å²) in [5.41, 5.74) is 2.57. The van der Waals surface area contributed by atoms with E-state index in [1.165, 1.54) is 18.5 Å². The molecular weight excluding hydrogens is 445 g/mol. The summed E-state index contributed by atoms with van der Waals surface area (Å²) >= 11 is 0. The Hall–Kier alpha value is -4.51. The monoisotopic (exact) mass is 469 g/mol. The maximum absolute atomic E-state index is 14.2. The standard InChI is InChI=1S/C27H24FN5O2/c1-16-5-6-20(32-26(34)17-9-18(11-19(28)10-17)27(2,3)14-29)12-23(16)33-25-22-8-7-21(35-4)13-24(22)30-15-31-25/h5-13,15H,1-4H3,(H,32,34)(H,30,31,33). The molecule has 0 aliphatic rings. The maximum Gasteiger partial charge on any atom is 0.255 e. The number of hydrogen-bond donors (Lipinski definition) is 2. The molecule has 3 aromatic carbocycles. The second-order valence-electron chi connectivity index (χ2n) is 8.68. The zero-order valence-corrected chi connectivity index (χ0v) is 19.8. The predicted octanol–water partition coefficient (Wildman–Crippen LogP) is 5.88. The number of carbonyl (C=O) groups excluding carboxylic acids is 1. The molecule has 0 fully saturated rings. The first-order chi connectivity index (χ1) is 16.7. The van der Waals surface area contributed by atoms with Crippen molar-refractivity contribution in [3.05, 3.63) is 83.4 Å². The van der Waals surface area contributed by atoms with Gasteiger partial charge in [-0.05, 0) is 74.4 Å². The number of amides is 1. The lowest BCUT2D eigenvalue weighted by atomic mass is 9.85. The lowest BCUT2D eigenvalue weighted by Crippen LogP contribution is -2.18. The lowest BCUT2D eigenvalue weighted by molar-refractivity contribution is 0.102. The van der Waals surface area contributed by atoms with Gasteiger partial charge in [-0.3, -0.25) is 4.79 Å². The quantitative estimate of drug-likeness (QED) is 0.366. The molecule has 0 radical (unpaired) electrons. The van der Waals surface area contributed by atoms with E-state index in [-0.39, 0.29) is 5.56 Å². The molecular formula is C27H24FN5O2. The number of hydrogen-bond acceptors (Lipinski definition) is 6. The molecule has 0 saturated carbocycles. The van der Waals surface area contributed by atoms with Gasteiger partial charge in [-0.2, -0.15) is 5.26 Å². The van der Waals surface area contributed by atoms with E-state index < -0.39 is 17.1 Å². The number of nitriles is 1. The van der Waals surface area contributed by atoms with Crippen molar-refractivity contribution >= 4 is 34.0 Å². The molecule has 0 atom stereocenters. The summed E-state index contributed by atoms with van der Waals surface area (Å²) in [6.07, 6.45) is 1.47. The molecule has 2 N–H and O–H groups in total. The van der Waals surface area contributed by atoms with Gasteiger partial charge in [0.05, 0.1) is 24.1 Å². The molecule has 0 unspecified atom stereocenters. The van der Waals surface area contributed by atoms with Crippen molar-refractivity contribution in [3.8, 4) is 11.8 Å². The minimum atomic E-state index is -0.928. The fraction of sp³-hybridized carbons (Fsp3) is 0.185. The number of ether oxygens (including phenoxy) is 1. The molecule has 0 saturated heterocycles. The van der Waals surface area contributed by atoms with Gasteiger partial charge in [-0.15, -0.1) is 0 Å². The lowest BCUT2D eigenvalue weighted by Gasteiger charge is -2.17. The van der Waals surface area contributed by atoms with Crippen LogP contribution < -0.4 is 15.4 Å². The molecule has 0 aliphatic heterocycles. The van der Waals surface area contributed by atoms with Crippen molar-refractivity contribution < 1.29 is 13.9 Å². The SMILES string of the molecule is COc1ccc2c(Nc3cc(NC(=O)c4cc(F)cc(C(C)(C)C#N)c4)ccc3C)ncnc2c1. The maximum atomic E-state index is 14.2. The molecule has 8 heteroatoms. The highest BCUT2D eigenvalue weighted by Gasteiger charge is 2.22. The number of nitrogens with one attached hydrogen (secondary N) is 2. The number of aromatic nitrogens is 2. The van der Waals surface area contributed by atoms with Crippen LogP contribution >= 0.6 is 0 Å². The van der Waals surface area contributed by atoms with Gasteiger partial charge in [0.1, 0.15) is 23.7 Å². The van der Waals surface area contributed by atoms with Crippen molar-refractivity contribution in [1.29, 1.82) is 5.26 Å². The minimum Gasteiger partial charge on any atom is -0.497 e. The Morgan fingerprint density at radius 2 is 1.89 bits per heavy atom. The van der Waals surface area contributed by atoms with E-state index in [4.69, 9.17) is 4.74 Å². The van der Waals surface area contributed by atoms with Crippen LogP contribution in [-0.2, 0) is 5.41 Å². The average molecular weight is 470 g/mol. The smallest absolute Gasteiger partial charge is 0.255 e. The number of halogens is 1. The van der Waals surface area contributed by atoms with Crippen LogP contribution in [0.4, 0.5) is 21.6 Å². The summed E-state index contributed by atoms with van der Waals surface area (Å²) in [6, 6.07) is 17.0. The van der Waals surface area contributed by atoms with Crippen LogP contribution in [0.25, 0.3) is 10.9 Å². The fourth-order valence-corrected chi connectivity index (χ4v) is 3.57. The van der Waals surface area contributed by atoms with Gasteiger partial charge >= 0.3 is 0 Å². The molecule has 1 amide bonds. The Balaban J connectivity index is 1.61. The Morgan fingerprint density at radius 1 is 1.09 bits per heavy atom. The zero-order chi connectivity index (χ0) is 25.2. The van der Waals surface area contributed by atoms with Crippen LogP contribution in [0.3, 0.4) is 0 Å². The van der Waals surface area contributed by atoms with E-state index >= 15 is 0 Å². The number of nitrogens with zero attached hydrogens (tertiary/aromatic N) is 3. The molecule has 35 heavy (non-hydrogen) atoms. The molecule has 176 valence electrons. The Morgan fingerprint density at radius 3 is 2.63 bits per heavy atom. The molecule has 7 nitrogen and oxygen atoms in total. The van der Waals surface area contributed by atoms with E-state index in [1.54, 1.807) is 33.1 Å². The summed E-state index contributed by atoms with van der Waals surface area (Å²) in [7, 11) is 1.60. The number of aryl methyl sites for hydroxylation is 1. The molecule has 0 bridgehead atoms. The van der Waals surface area contributed by atoms with Crippen molar-refractivity contribution in [3.63, 3.8) is 0 Å². The van der Waals surface area contributed by atoms with Crippen LogP contribution in [0, 0.1) is 24.1 Å². The van der Waals surface area contributed by atoms with E-state index in [2.05, 4.69) is 26.7 Å². The van der Waals surface area contributed by atoms with Gasteiger partial charge in [0, 0.05) is 28.4 Å². The van der Waals surface area contributed by atoms with E-state index in [0.717, 1.165) is 28.2 Å². The molecule has 4 aromatic rings. The number of fused-ring (bicyclic) bond motifs is 1.